The van der Waals surface area contributed by atoms with Crippen LogP contribution >= 0.6 is 11.8 Å². The van der Waals surface area contributed by atoms with Crippen LogP contribution in [0, 0.1) is 10.1 Å². The zero-order valence-corrected chi connectivity index (χ0v) is 12.1. The van der Waals surface area contributed by atoms with Crippen molar-refractivity contribution in [3.05, 3.63) is 39.7 Å². The topological polar surface area (TPSA) is 111 Å². The van der Waals surface area contributed by atoms with Crippen LogP contribution in [0.5, 0.6) is 0 Å². The number of esters is 1. The number of nitrogens with zero attached hydrogens (tertiary/aromatic N) is 3. The highest BCUT2D eigenvalue weighted by Crippen LogP contribution is 2.33. The fourth-order valence-corrected chi connectivity index (χ4v) is 2.32. The summed E-state index contributed by atoms with van der Waals surface area (Å²) in [6.07, 6.45) is -4.69. The number of aromatic nitrogens is 3. The molecule has 1 N–H and O–H groups in total. The van der Waals surface area contributed by atoms with Gasteiger partial charge in [-0.1, -0.05) is 0 Å². The lowest BCUT2D eigenvalue weighted by Crippen LogP contribution is -2.07. The number of nitro benzene ring substituents is 1. The molecule has 1 aromatic carbocycles. The van der Waals surface area contributed by atoms with Crippen molar-refractivity contribution < 1.29 is 27.6 Å². The highest BCUT2D eigenvalue weighted by Gasteiger charge is 2.35. The maximum atomic E-state index is 12.5. The number of benzene rings is 1. The van der Waals surface area contributed by atoms with Gasteiger partial charge in [0.15, 0.2) is 0 Å². The number of aromatic amines is 1. The fourth-order valence-electron chi connectivity index (χ4n) is 1.51. The Morgan fingerprint density at radius 2 is 2.13 bits per heavy atom. The summed E-state index contributed by atoms with van der Waals surface area (Å²) >= 11 is 0.638. The predicted octanol–water partition coefficient (Wildman–Crippen LogP) is 2.67. The van der Waals surface area contributed by atoms with Crippen LogP contribution in [0.1, 0.15) is 16.2 Å². The van der Waals surface area contributed by atoms with Crippen LogP contribution in [0.15, 0.2) is 28.3 Å². The third-order valence-electron chi connectivity index (χ3n) is 2.51. The molecule has 0 saturated carbocycles. The van der Waals surface area contributed by atoms with E-state index in [1.807, 2.05) is 0 Å². The molecule has 1 aromatic heterocycles. The van der Waals surface area contributed by atoms with Crippen molar-refractivity contribution in [2.24, 2.45) is 0 Å². The van der Waals surface area contributed by atoms with Gasteiger partial charge in [-0.05, 0) is 17.8 Å². The highest BCUT2D eigenvalue weighted by atomic mass is 32.2. The predicted molar refractivity (Wildman–Crippen MR) is 69.9 cm³/mol. The molecule has 0 spiro atoms. The molecule has 8 nitrogen and oxygen atoms in total. The number of nitro groups is 1. The number of carbonyl (C=O) groups excluding carboxylic acids is 1. The molecule has 0 aliphatic heterocycles. The smallest absolute Gasteiger partial charge is 0.451 e. The Morgan fingerprint density at radius 3 is 2.65 bits per heavy atom. The van der Waals surface area contributed by atoms with E-state index in [2.05, 4.69) is 14.8 Å². The van der Waals surface area contributed by atoms with Gasteiger partial charge in [-0.3, -0.25) is 15.2 Å². The van der Waals surface area contributed by atoms with Crippen molar-refractivity contribution in [1.29, 1.82) is 0 Å². The SMILES string of the molecule is COC(=O)c1cc([N+](=O)[O-])ccc1Sc1n[nH]c(C(F)(F)F)n1. The summed E-state index contributed by atoms with van der Waals surface area (Å²) in [5, 5.41) is 15.6. The second-order valence-corrected chi connectivity index (χ2v) is 5.00. The first kappa shape index (κ1) is 16.7. The van der Waals surface area contributed by atoms with Crippen molar-refractivity contribution >= 4 is 23.4 Å². The molecule has 0 aliphatic rings. The largest absolute Gasteiger partial charge is 0.465 e. The molecule has 0 radical (unpaired) electrons. The third kappa shape index (κ3) is 3.77. The van der Waals surface area contributed by atoms with Crippen molar-refractivity contribution in [2.75, 3.05) is 7.11 Å². The molecule has 23 heavy (non-hydrogen) atoms. The maximum Gasteiger partial charge on any atom is 0.451 e. The average molecular weight is 348 g/mol. The van der Waals surface area contributed by atoms with E-state index < -0.39 is 22.9 Å². The maximum absolute atomic E-state index is 12.5. The Labute approximate surface area is 130 Å². The van der Waals surface area contributed by atoms with Gasteiger partial charge in [0.1, 0.15) is 0 Å². The summed E-state index contributed by atoms with van der Waals surface area (Å²) in [7, 11) is 1.07. The standard InChI is InChI=1S/C11H7F3N4O4S/c1-22-8(19)6-4-5(18(20)21)2-3-7(6)23-10-15-9(16-17-10)11(12,13)14/h2-4H,1H3,(H,15,16,17). The van der Waals surface area contributed by atoms with E-state index in [4.69, 9.17) is 0 Å². The molecule has 1 heterocycles. The van der Waals surface area contributed by atoms with E-state index in [1.54, 1.807) is 5.10 Å². The number of H-pyrrole nitrogens is 1. The van der Waals surface area contributed by atoms with E-state index in [9.17, 15) is 28.1 Å². The average Bonchev–Trinajstić information content (AvgIpc) is 2.95. The second-order valence-electron chi connectivity index (χ2n) is 4.00. The number of rotatable bonds is 4. The molecule has 122 valence electrons. The summed E-state index contributed by atoms with van der Waals surface area (Å²) in [6, 6.07) is 3.27. The van der Waals surface area contributed by atoms with Gasteiger partial charge in [0.2, 0.25) is 11.0 Å². The quantitative estimate of drug-likeness (QED) is 0.513. The van der Waals surface area contributed by atoms with Gasteiger partial charge >= 0.3 is 12.1 Å². The number of nitrogens with one attached hydrogen (secondary N) is 1. The molecule has 0 atom stereocenters. The summed E-state index contributed by atoms with van der Waals surface area (Å²) in [5.41, 5.74) is -0.536. The Morgan fingerprint density at radius 1 is 1.43 bits per heavy atom. The summed E-state index contributed by atoms with van der Waals surface area (Å²) < 4.78 is 41.9. The minimum Gasteiger partial charge on any atom is -0.465 e. The lowest BCUT2D eigenvalue weighted by Gasteiger charge is -2.05. The fraction of sp³-hybridized carbons (Fsp3) is 0.182. The number of hydrogen-bond acceptors (Lipinski definition) is 7. The summed E-state index contributed by atoms with van der Waals surface area (Å²) in [5.74, 6) is -2.16. The number of non-ortho nitro benzene ring substituents is 1. The van der Waals surface area contributed by atoms with E-state index >= 15 is 0 Å². The minimum atomic E-state index is -4.69. The van der Waals surface area contributed by atoms with Gasteiger partial charge in [-0.25, -0.2) is 4.79 Å². The lowest BCUT2D eigenvalue weighted by atomic mass is 10.2. The molecule has 0 saturated heterocycles. The van der Waals surface area contributed by atoms with Crippen LogP contribution in [0.3, 0.4) is 0 Å². The van der Waals surface area contributed by atoms with Gasteiger partial charge in [0.25, 0.3) is 5.69 Å². The molecule has 12 heteroatoms. The van der Waals surface area contributed by atoms with E-state index in [0.717, 1.165) is 19.2 Å². The van der Waals surface area contributed by atoms with Gasteiger partial charge in [0, 0.05) is 17.0 Å². The number of ether oxygens (including phenoxy) is 1. The Balaban J connectivity index is 2.37. The molecule has 0 amide bonds. The third-order valence-corrected chi connectivity index (χ3v) is 3.45. The Hall–Kier alpha value is -2.63. The van der Waals surface area contributed by atoms with E-state index in [1.165, 1.54) is 6.07 Å². The highest BCUT2D eigenvalue weighted by molar-refractivity contribution is 7.99. The number of carbonyl (C=O) groups is 1. The van der Waals surface area contributed by atoms with E-state index in [0.29, 0.717) is 11.8 Å². The molecular formula is C11H7F3N4O4S. The zero-order chi connectivity index (χ0) is 17.2. The van der Waals surface area contributed by atoms with Gasteiger partial charge in [-0.15, -0.1) is 5.10 Å². The first-order valence-electron chi connectivity index (χ1n) is 5.76. The lowest BCUT2D eigenvalue weighted by molar-refractivity contribution is -0.384. The normalized spacial score (nSPS) is 11.3. The van der Waals surface area contributed by atoms with Gasteiger partial charge < -0.3 is 4.74 Å². The monoisotopic (exact) mass is 348 g/mol. The van der Waals surface area contributed by atoms with Crippen LogP contribution < -0.4 is 0 Å². The molecule has 0 fully saturated rings. The van der Waals surface area contributed by atoms with Gasteiger partial charge in [-0.2, -0.15) is 18.2 Å². The summed E-state index contributed by atoms with van der Waals surface area (Å²) in [6.45, 7) is 0. The van der Waals surface area contributed by atoms with E-state index in [-0.39, 0.29) is 21.3 Å². The first-order valence-corrected chi connectivity index (χ1v) is 6.58. The van der Waals surface area contributed by atoms with Crippen LogP contribution in [-0.4, -0.2) is 33.2 Å². The number of halogens is 3. The Kier molecular flexibility index (Phi) is 4.54. The molecule has 2 aromatic rings. The molecule has 0 aliphatic carbocycles. The zero-order valence-electron chi connectivity index (χ0n) is 11.2. The first-order chi connectivity index (χ1) is 10.7. The Bertz CT molecular complexity index is 762. The molecule has 2 rings (SSSR count). The summed E-state index contributed by atoms with van der Waals surface area (Å²) in [4.78, 5) is 25.1. The molecule has 0 bridgehead atoms. The van der Waals surface area contributed by atoms with Crippen LogP contribution in [0.2, 0.25) is 0 Å². The van der Waals surface area contributed by atoms with Crippen molar-refractivity contribution in [3.63, 3.8) is 0 Å². The van der Waals surface area contributed by atoms with Crippen LogP contribution in [0.25, 0.3) is 0 Å². The van der Waals surface area contributed by atoms with Crippen molar-refractivity contribution in [1.82, 2.24) is 15.2 Å². The van der Waals surface area contributed by atoms with Gasteiger partial charge in [0.05, 0.1) is 17.6 Å². The number of methoxy groups -OCH3 is 1. The van der Waals surface area contributed by atoms with Crippen molar-refractivity contribution in [2.45, 2.75) is 16.2 Å². The van der Waals surface area contributed by atoms with Crippen LogP contribution in [0.4, 0.5) is 18.9 Å². The molecule has 0 unspecified atom stereocenters. The number of alkyl halides is 3. The van der Waals surface area contributed by atoms with Crippen LogP contribution in [-0.2, 0) is 10.9 Å². The molecular weight excluding hydrogens is 341 g/mol. The van der Waals surface area contributed by atoms with Crippen molar-refractivity contribution in [3.8, 4) is 0 Å². The number of hydrogen-bond donors (Lipinski definition) is 1. The second kappa shape index (κ2) is 6.24. The minimum absolute atomic E-state index is 0.121.